The van der Waals surface area contributed by atoms with Gasteiger partial charge in [-0.25, -0.2) is 4.98 Å². The van der Waals surface area contributed by atoms with Crippen molar-refractivity contribution in [3.8, 4) is 5.75 Å². The van der Waals surface area contributed by atoms with Gasteiger partial charge < -0.3 is 4.74 Å². The van der Waals surface area contributed by atoms with Crippen LogP contribution in [0.25, 0.3) is 10.2 Å². The Morgan fingerprint density at radius 1 is 1.13 bits per heavy atom. The molecule has 0 radical (unpaired) electrons. The Kier molecular flexibility index (Phi) is 4.30. The Bertz CT molecular complexity index is 871. The van der Waals surface area contributed by atoms with Gasteiger partial charge in [0.25, 0.3) is 5.91 Å². The lowest BCUT2D eigenvalue weighted by Crippen LogP contribution is -2.20. The molecule has 3 aromatic rings. The number of nitrogens with one attached hydrogen (secondary N) is 1. The quantitative estimate of drug-likeness (QED) is 0.780. The number of nitrogens with zero attached hydrogens (tertiary/aromatic N) is 1. The van der Waals surface area contributed by atoms with Crippen molar-refractivity contribution in [2.24, 2.45) is 0 Å². The average molecular weight is 326 g/mol. The zero-order valence-corrected chi connectivity index (χ0v) is 14.2. The molecular weight excluding hydrogens is 308 g/mol. The molecule has 1 aromatic heterocycles. The van der Waals surface area contributed by atoms with E-state index in [1.54, 1.807) is 0 Å². The van der Waals surface area contributed by atoms with Crippen molar-refractivity contribution >= 4 is 32.6 Å². The third-order valence-corrected chi connectivity index (χ3v) is 4.72. The molecule has 0 aliphatic rings. The number of aromatic nitrogens is 1. The number of fused-ring (bicyclic) bond motifs is 1. The average Bonchev–Trinajstić information content (AvgIpc) is 2.93. The summed E-state index contributed by atoms with van der Waals surface area (Å²) in [6.07, 6.45) is 0. The number of hydrogen-bond acceptors (Lipinski definition) is 4. The van der Waals surface area contributed by atoms with Gasteiger partial charge >= 0.3 is 0 Å². The van der Waals surface area contributed by atoms with Crippen LogP contribution >= 0.6 is 11.3 Å². The molecule has 0 bridgehead atoms. The number of ether oxygens (including phenoxy) is 1. The first-order valence-corrected chi connectivity index (χ1v) is 8.21. The van der Waals surface area contributed by atoms with Crippen LogP contribution in [0.4, 0.5) is 5.13 Å². The minimum absolute atomic E-state index is 0.0286. The Morgan fingerprint density at radius 2 is 1.87 bits per heavy atom. The smallest absolute Gasteiger partial charge is 0.264 e. The molecule has 4 nitrogen and oxygen atoms in total. The van der Waals surface area contributed by atoms with E-state index >= 15 is 0 Å². The molecule has 1 N–H and O–H groups in total. The molecule has 118 valence electrons. The largest absolute Gasteiger partial charge is 0.483 e. The minimum Gasteiger partial charge on any atom is -0.483 e. The number of anilines is 1. The fourth-order valence-electron chi connectivity index (χ4n) is 2.32. The van der Waals surface area contributed by atoms with Crippen LogP contribution in [0.1, 0.15) is 16.7 Å². The lowest BCUT2D eigenvalue weighted by Gasteiger charge is -2.10. The number of thiazole rings is 1. The number of aryl methyl sites for hydroxylation is 2. The molecule has 0 unspecified atom stereocenters. The van der Waals surface area contributed by atoms with E-state index in [9.17, 15) is 4.79 Å². The second kappa shape index (κ2) is 6.38. The summed E-state index contributed by atoms with van der Waals surface area (Å²) < 4.78 is 6.68. The van der Waals surface area contributed by atoms with Crippen LogP contribution < -0.4 is 10.1 Å². The summed E-state index contributed by atoms with van der Waals surface area (Å²) in [6, 6.07) is 11.8. The normalized spacial score (nSPS) is 10.7. The topological polar surface area (TPSA) is 51.2 Å². The highest BCUT2D eigenvalue weighted by Crippen LogP contribution is 2.28. The maximum absolute atomic E-state index is 12.1. The zero-order chi connectivity index (χ0) is 16.4. The number of para-hydroxylation sites is 1. The van der Waals surface area contributed by atoms with Gasteiger partial charge in [0.05, 0.1) is 10.2 Å². The maximum Gasteiger partial charge on any atom is 0.264 e. The van der Waals surface area contributed by atoms with Crippen molar-refractivity contribution < 1.29 is 9.53 Å². The second-order valence-electron chi connectivity index (χ2n) is 5.48. The van der Waals surface area contributed by atoms with Crippen LogP contribution in [0, 0.1) is 20.8 Å². The number of carbonyl (C=O) groups excluding carboxylic acids is 1. The predicted molar refractivity (Wildman–Crippen MR) is 94.4 cm³/mol. The summed E-state index contributed by atoms with van der Waals surface area (Å²) in [4.78, 5) is 16.5. The standard InChI is InChI=1S/C18H18N2O2S/c1-11-6-4-8-14(13(11)3)22-10-16(21)19-18-20-17-12(2)7-5-9-15(17)23-18/h4-9H,10H2,1-3H3,(H,19,20,21). The first-order chi connectivity index (χ1) is 11.0. The van der Waals surface area contributed by atoms with Crippen LogP contribution in [-0.4, -0.2) is 17.5 Å². The molecule has 2 aromatic carbocycles. The SMILES string of the molecule is Cc1cccc(OCC(=O)Nc2nc3c(C)cccc3s2)c1C. The number of hydrogen-bond donors (Lipinski definition) is 1. The van der Waals surface area contributed by atoms with Crippen molar-refractivity contribution in [1.82, 2.24) is 4.98 Å². The summed E-state index contributed by atoms with van der Waals surface area (Å²) in [5, 5.41) is 3.41. The molecule has 0 atom stereocenters. The first kappa shape index (κ1) is 15.5. The molecule has 0 saturated heterocycles. The van der Waals surface area contributed by atoms with E-state index in [4.69, 9.17) is 4.74 Å². The van der Waals surface area contributed by atoms with E-state index in [1.165, 1.54) is 11.3 Å². The van der Waals surface area contributed by atoms with Gasteiger partial charge in [0.2, 0.25) is 0 Å². The summed E-state index contributed by atoms with van der Waals surface area (Å²) in [6.45, 7) is 5.99. The Balaban J connectivity index is 1.67. The highest BCUT2D eigenvalue weighted by atomic mass is 32.1. The van der Waals surface area contributed by atoms with Crippen molar-refractivity contribution in [1.29, 1.82) is 0 Å². The van der Waals surface area contributed by atoms with Gasteiger partial charge in [-0.05, 0) is 49.6 Å². The number of carbonyl (C=O) groups is 1. The van der Waals surface area contributed by atoms with E-state index < -0.39 is 0 Å². The predicted octanol–water partition coefficient (Wildman–Crippen LogP) is 4.24. The molecule has 0 spiro atoms. The highest BCUT2D eigenvalue weighted by molar-refractivity contribution is 7.22. The summed E-state index contributed by atoms with van der Waals surface area (Å²) in [7, 11) is 0. The number of rotatable bonds is 4. The molecule has 23 heavy (non-hydrogen) atoms. The van der Waals surface area contributed by atoms with Gasteiger partial charge in [0.15, 0.2) is 11.7 Å². The summed E-state index contributed by atoms with van der Waals surface area (Å²) in [5.41, 5.74) is 4.23. The highest BCUT2D eigenvalue weighted by Gasteiger charge is 2.10. The molecule has 3 rings (SSSR count). The first-order valence-electron chi connectivity index (χ1n) is 7.39. The Morgan fingerprint density at radius 3 is 2.65 bits per heavy atom. The molecule has 1 amide bonds. The van der Waals surface area contributed by atoms with E-state index in [0.29, 0.717) is 5.13 Å². The maximum atomic E-state index is 12.1. The van der Waals surface area contributed by atoms with Crippen LogP contribution in [-0.2, 0) is 4.79 Å². The van der Waals surface area contributed by atoms with Gasteiger partial charge in [-0.1, -0.05) is 35.6 Å². The summed E-state index contributed by atoms with van der Waals surface area (Å²) >= 11 is 1.47. The minimum atomic E-state index is -0.206. The van der Waals surface area contributed by atoms with Crippen molar-refractivity contribution in [2.75, 3.05) is 11.9 Å². The van der Waals surface area contributed by atoms with E-state index in [1.807, 2.05) is 57.2 Å². The van der Waals surface area contributed by atoms with E-state index in [-0.39, 0.29) is 12.5 Å². The molecule has 5 heteroatoms. The van der Waals surface area contributed by atoms with Crippen LogP contribution in [0.15, 0.2) is 36.4 Å². The third kappa shape index (κ3) is 3.35. The van der Waals surface area contributed by atoms with E-state index in [0.717, 1.165) is 32.7 Å². The van der Waals surface area contributed by atoms with E-state index in [2.05, 4.69) is 10.3 Å². The van der Waals surface area contributed by atoms with Crippen LogP contribution in [0.2, 0.25) is 0 Å². The monoisotopic (exact) mass is 326 g/mol. The number of amides is 1. The van der Waals surface area contributed by atoms with Crippen molar-refractivity contribution in [3.05, 3.63) is 53.1 Å². The lowest BCUT2D eigenvalue weighted by molar-refractivity contribution is -0.118. The molecule has 0 aliphatic carbocycles. The third-order valence-electron chi connectivity index (χ3n) is 3.78. The molecule has 0 aliphatic heterocycles. The molecular formula is C18H18N2O2S. The van der Waals surface area contributed by atoms with Gasteiger partial charge in [-0.3, -0.25) is 10.1 Å². The van der Waals surface area contributed by atoms with Crippen LogP contribution in [0.3, 0.4) is 0 Å². The molecule has 0 fully saturated rings. The van der Waals surface area contributed by atoms with Crippen molar-refractivity contribution in [3.63, 3.8) is 0 Å². The van der Waals surface area contributed by atoms with Gasteiger partial charge in [-0.15, -0.1) is 0 Å². The lowest BCUT2D eigenvalue weighted by atomic mass is 10.1. The fourth-order valence-corrected chi connectivity index (χ4v) is 3.28. The van der Waals surface area contributed by atoms with Gasteiger partial charge in [0, 0.05) is 0 Å². The Labute approximate surface area is 139 Å². The second-order valence-corrected chi connectivity index (χ2v) is 6.51. The van der Waals surface area contributed by atoms with Crippen LogP contribution in [0.5, 0.6) is 5.75 Å². The molecule has 0 saturated carbocycles. The zero-order valence-electron chi connectivity index (χ0n) is 13.3. The number of benzene rings is 2. The fraction of sp³-hybridized carbons (Fsp3) is 0.222. The van der Waals surface area contributed by atoms with Gasteiger partial charge in [0.1, 0.15) is 5.75 Å². The Hall–Kier alpha value is -2.40. The summed E-state index contributed by atoms with van der Waals surface area (Å²) in [5.74, 6) is 0.530. The van der Waals surface area contributed by atoms with Gasteiger partial charge in [-0.2, -0.15) is 0 Å². The molecule has 1 heterocycles. The van der Waals surface area contributed by atoms with Crippen molar-refractivity contribution in [2.45, 2.75) is 20.8 Å².